The van der Waals surface area contributed by atoms with Crippen LogP contribution in [0.25, 0.3) is 10.9 Å². The number of aromatic nitrogens is 3. The first kappa shape index (κ1) is 15.9. The number of aryl methyl sites for hydroxylation is 1. The van der Waals surface area contributed by atoms with E-state index in [2.05, 4.69) is 39.3 Å². The summed E-state index contributed by atoms with van der Waals surface area (Å²) < 4.78 is 11.2. The molecule has 26 heavy (non-hydrogen) atoms. The molecule has 2 atom stereocenters. The molecule has 2 fully saturated rings. The first-order chi connectivity index (χ1) is 12.7. The summed E-state index contributed by atoms with van der Waals surface area (Å²) in [7, 11) is 0. The lowest BCUT2D eigenvalue weighted by molar-refractivity contribution is 0.121. The molecule has 0 N–H and O–H groups in total. The van der Waals surface area contributed by atoms with Gasteiger partial charge in [0.1, 0.15) is 0 Å². The van der Waals surface area contributed by atoms with Gasteiger partial charge in [-0.05, 0) is 19.1 Å². The Bertz CT molecular complexity index is 940. The fourth-order valence-electron chi connectivity index (χ4n) is 4.45. The molecule has 2 aliphatic heterocycles. The Kier molecular flexibility index (Phi) is 3.76. The first-order valence-corrected chi connectivity index (χ1v) is 9.14. The molecule has 3 aromatic rings. The number of benzene rings is 1. The normalized spacial score (nSPS) is 25.8. The zero-order valence-electron chi connectivity index (χ0n) is 14.9. The molecule has 0 bridgehead atoms. The molecule has 1 aromatic carbocycles. The van der Waals surface area contributed by atoms with E-state index in [9.17, 15) is 0 Å². The Balaban J connectivity index is 1.34. The summed E-state index contributed by atoms with van der Waals surface area (Å²) in [5.41, 5.74) is 2.26. The number of hydrogen-bond donors (Lipinski definition) is 0. The van der Waals surface area contributed by atoms with E-state index in [-0.39, 0.29) is 5.41 Å². The smallest absolute Gasteiger partial charge is 0.227 e. The van der Waals surface area contributed by atoms with Crippen LogP contribution in [0.15, 0.2) is 40.9 Å². The minimum absolute atomic E-state index is 0.0792. The van der Waals surface area contributed by atoms with Gasteiger partial charge >= 0.3 is 0 Å². The standard InChI is InChI=1S/C20H22N4O2/c1-14-21-19(26-23-14)8-20-12-24(9-16(20)11-25-13-20)10-17-7-6-15-4-2-3-5-18(15)22-17/h2-7,16H,8-13H2,1H3/t16-,20+/m0/s1. The summed E-state index contributed by atoms with van der Waals surface area (Å²) >= 11 is 0. The van der Waals surface area contributed by atoms with E-state index in [0.29, 0.717) is 11.7 Å². The molecule has 0 unspecified atom stereocenters. The van der Waals surface area contributed by atoms with E-state index >= 15 is 0 Å². The van der Waals surface area contributed by atoms with E-state index in [1.807, 2.05) is 19.1 Å². The molecule has 6 nitrogen and oxygen atoms in total. The number of ether oxygens (including phenoxy) is 1. The van der Waals surface area contributed by atoms with Crippen LogP contribution in [0.3, 0.4) is 0 Å². The van der Waals surface area contributed by atoms with E-state index in [1.165, 1.54) is 5.39 Å². The molecule has 0 aliphatic carbocycles. The van der Waals surface area contributed by atoms with Crippen LogP contribution >= 0.6 is 0 Å². The van der Waals surface area contributed by atoms with Crippen molar-refractivity contribution in [3.8, 4) is 0 Å². The van der Waals surface area contributed by atoms with Gasteiger partial charge < -0.3 is 9.26 Å². The van der Waals surface area contributed by atoms with Crippen LogP contribution in [0.5, 0.6) is 0 Å². The second-order valence-electron chi connectivity index (χ2n) is 7.65. The van der Waals surface area contributed by atoms with E-state index in [1.54, 1.807) is 0 Å². The molecule has 2 saturated heterocycles. The molecular formula is C20H22N4O2. The van der Waals surface area contributed by atoms with Gasteiger partial charge in [-0.2, -0.15) is 4.98 Å². The van der Waals surface area contributed by atoms with Crippen LogP contribution < -0.4 is 0 Å². The van der Waals surface area contributed by atoms with Crippen LogP contribution in [-0.4, -0.2) is 46.3 Å². The van der Waals surface area contributed by atoms with Crippen LogP contribution in [0, 0.1) is 18.3 Å². The fraction of sp³-hybridized carbons (Fsp3) is 0.450. The summed E-state index contributed by atoms with van der Waals surface area (Å²) in [5.74, 6) is 1.93. The highest BCUT2D eigenvalue weighted by molar-refractivity contribution is 5.78. The third-order valence-corrected chi connectivity index (χ3v) is 5.71. The van der Waals surface area contributed by atoms with Crippen molar-refractivity contribution in [2.45, 2.75) is 19.9 Å². The highest BCUT2D eigenvalue weighted by atomic mass is 16.5. The van der Waals surface area contributed by atoms with Gasteiger partial charge in [-0.1, -0.05) is 29.4 Å². The van der Waals surface area contributed by atoms with Crippen LogP contribution in [0.4, 0.5) is 0 Å². The van der Waals surface area contributed by atoms with Crippen molar-refractivity contribution in [2.75, 3.05) is 26.3 Å². The molecule has 2 aliphatic rings. The maximum absolute atomic E-state index is 5.82. The lowest BCUT2D eigenvalue weighted by Crippen LogP contribution is -2.33. The SMILES string of the molecule is Cc1noc(C[C@@]23COC[C@@H]2CN(Cc2ccc4ccccc4n2)C3)n1. The second kappa shape index (κ2) is 6.14. The minimum atomic E-state index is 0.0792. The number of pyridine rings is 1. The predicted molar refractivity (Wildman–Crippen MR) is 96.5 cm³/mol. The summed E-state index contributed by atoms with van der Waals surface area (Å²) in [6.07, 6.45) is 0.792. The molecule has 6 heteroatoms. The Morgan fingerprint density at radius 3 is 3.00 bits per heavy atom. The molecule has 0 radical (unpaired) electrons. The monoisotopic (exact) mass is 350 g/mol. The van der Waals surface area contributed by atoms with Gasteiger partial charge in [0.2, 0.25) is 5.89 Å². The van der Waals surface area contributed by atoms with Crippen LogP contribution in [0.2, 0.25) is 0 Å². The van der Waals surface area contributed by atoms with E-state index in [0.717, 1.165) is 56.4 Å². The summed E-state index contributed by atoms with van der Waals surface area (Å²) in [4.78, 5) is 11.7. The lowest BCUT2D eigenvalue weighted by atomic mass is 9.78. The topological polar surface area (TPSA) is 64.3 Å². The van der Waals surface area contributed by atoms with Crippen molar-refractivity contribution in [2.24, 2.45) is 11.3 Å². The van der Waals surface area contributed by atoms with Gasteiger partial charge in [-0.25, -0.2) is 0 Å². The largest absolute Gasteiger partial charge is 0.380 e. The number of nitrogens with zero attached hydrogens (tertiary/aromatic N) is 4. The first-order valence-electron chi connectivity index (χ1n) is 9.14. The third-order valence-electron chi connectivity index (χ3n) is 5.71. The summed E-state index contributed by atoms with van der Waals surface area (Å²) in [6.45, 7) is 6.32. The third kappa shape index (κ3) is 2.79. The summed E-state index contributed by atoms with van der Waals surface area (Å²) in [5, 5.41) is 5.12. The molecule has 0 amide bonds. The maximum atomic E-state index is 5.82. The molecule has 2 aromatic heterocycles. The zero-order chi connectivity index (χ0) is 17.6. The van der Waals surface area contributed by atoms with Crippen molar-refractivity contribution in [1.82, 2.24) is 20.0 Å². The van der Waals surface area contributed by atoms with E-state index in [4.69, 9.17) is 14.2 Å². The fourth-order valence-corrected chi connectivity index (χ4v) is 4.45. The molecule has 0 spiro atoms. The number of likely N-dealkylation sites (tertiary alicyclic amines) is 1. The average Bonchev–Trinajstić information content (AvgIpc) is 3.29. The number of fused-ring (bicyclic) bond motifs is 2. The van der Waals surface area contributed by atoms with Crippen LogP contribution in [0.1, 0.15) is 17.4 Å². The highest BCUT2D eigenvalue weighted by Gasteiger charge is 2.51. The molecular weight excluding hydrogens is 328 g/mol. The quantitative estimate of drug-likeness (QED) is 0.721. The Morgan fingerprint density at radius 1 is 1.19 bits per heavy atom. The maximum Gasteiger partial charge on any atom is 0.227 e. The molecule has 0 saturated carbocycles. The lowest BCUT2D eigenvalue weighted by Gasteiger charge is -2.25. The van der Waals surface area contributed by atoms with Gasteiger partial charge in [0, 0.05) is 42.8 Å². The molecule has 4 heterocycles. The number of rotatable bonds is 4. The number of para-hydroxylation sites is 1. The zero-order valence-corrected chi connectivity index (χ0v) is 14.9. The van der Waals surface area contributed by atoms with Crippen molar-refractivity contribution in [1.29, 1.82) is 0 Å². The minimum Gasteiger partial charge on any atom is -0.380 e. The second-order valence-corrected chi connectivity index (χ2v) is 7.65. The van der Waals surface area contributed by atoms with Crippen molar-refractivity contribution >= 4 is 10.9 Å². The Labute approximate surface area is 152 Å². The van der Waals surface area contributed by atoms with Crippen LogP contribution in [-0.2, 0) is 17.7 Å². The van der Waals surface area contributed by atoms with Crippen molar-refractivity contribution in [3.63, 3.8) is 0 Å². The van der Waals surface area contributed by atoms with E-state index < -0.39 is 0 Å². The van der Waals surface area contributed by atoms with Gasteiger partial charge in [0.05, 0.1) is 24.4 Å². The van der Waals surface area contributed by atoms with Gasteiger partial charge in [-0.3, -0.25) is 9.88 Å². The molecule has 134 valence electrons. The predicted octanol–water partition coefficient (Wildman–Crippen LogP) is 2.62. The highest BCUT2D eigenvalue weighted by Crippen LogP contribution is 2.44. The van der Waals surface area contributed by atoms with Crippen molar-refractivity contribution < 1.29 is 9.26 Å². The molecule has 5 rings (SSSR count). The average molecular weight is 350 g/mol. The van der Waals surface area contributed by atoms with Gasteiger partial charge in [0.25, 0.3) is 0 Å². The Hall–Kier alpha value is -2.31. The Morgan fingerprint density at radius 2 is 2.12 bits per heavy atom. The van der Waals surface area contributed by atoms with Crippen molar-refractivity contribution in [3.05, 3.63) is 53.8 Å². The van der Waals surface area contributed by atoms with Gasteiger partial charge in [-0.15, -0.1) is 0 Å². The van der Waals surface area contributed by atoms with Gasteiger partial charge in [0.15, 0.2) is 5.82 Å². The number of hydrogen-bond acceptors (Lipinski definition) is 6. The summed E-state index contributed by atoms with van der Waals surface area (Å²) in [6, 6.07) is 12.6.